The van der Waals surface area contributed by atoms with Crippen molar-refractivity contribution >= 4 is 15.9 Å². The average Bonchev–Trinajstić information content (AvgIpc) is 2.43. The summed E-state index contributed by atoms with van der Waals surface area (Å²) in [7, 11) is 0. The van der Waals surface area contributed by atoms with E-state index in [0.717, 1.165) is 12.8 Å². The highest BCUT2D eigenvalue weighted by molar-refractivity contribution is 9.10. The minimum atomic E-state index is -0.681. The third kappa shape index (κ3) is 5.88. The van der Waals surface area contributed by atoms with Crippen molar-refractivity contribution in [2.75, 3.05) is 0 Å². The van der Waals surface area contributed by atoms with Crippen molar-refractivity contribution in [1.82, 2.24) is 0 Å². The van der Waals surface area contributed by atoms with E-state index >= 15 is 0 Å². The Morgan fingerprint density at radius 3 is 2.45 bits per heavy atom. The molecule has 1 aromatic carbocycles. The second-order valence-electron chi connectivity index (χ2n) is 5.24. The fourth-order valence-electron chi connectivity index (χ4n) is 2.25. The summed E-state index contributed by atoms with van der Waals surface area (Å²) in [5.41, 5.74) is -0.0298. The molecular formula is C16H23BrF2O. The van der Waals surface area contributed by atoms with Crippen LogP contribution in [-0.4, -0.2) is 11.2 Å². The first-order valence-electron chi connectivity index (χ1n) is 7.36. The van der Waals surface area contributed by atoms with E-state index < -0.39 is 17.7 Å². The van der Waals surface area contributed by atoms with Gasteiger partial charge in [0.05, 0.1) is 10.6 Å². The molecule has 0 aromatic heterocycles. The minimum absolute atomic E-state index is 0.0298. The third-order valence-corrected chi connectivity index (χ3v) is 4.08. The van der Waals surface area contributed by atoms with Crippen LogP contribution in [-0.2, 0) is 6.42 Å². The normalized spacial score (nSPS) is 12.7. The van der Waals surface area contributed by atoms with Crippen LogP contribution in [0.15, 0.2) is 16.6 Å². The topological polar surface area (TPSA) is 20.2 Å². The minimum Gasteiger partial charge on any atom is -0.393 e. The molecule has 1 nitrogen and oxygen atoms in total. The molecule has 0 aliphatic heterocycles. The maximum atomic E-state index is 13.8. The Morgan fingerprint density at radius 1 is 1.10 bits per heavy atom. The molecule has 0 saturated heterocycles. The largest absolute Gasteiger partial charge is 0.393 e. The zero-order valence-corrected chi connectivity index (χ0v) is 13.6. The van der Waals surface area contributed by atoms with Gasteiger partial charge in [0.1, 0.15) is 11.6 Å². The first kappa shape index (κ1) is 17.6. The zero-order chi connectivity index (χ0) is 15.0. The van der Waals surface area contributed by atoms with Gasteiger partial charge in [-0.05, 0) is 34.5 Å². The Balaban J connectivity index is 2.35. The van der Waals surface area contributed by atoms with Gasteiger partial charge in [0.2, 0.25) is 0 Å². The molecule has 0 heterocycles. The number of aliphatic hydroxyl groups is 1. The molecule has 0 spiro atoms. The molecule has 0 aliphatic carbocycles. The van der Waals surface area contributed by atoms with Crippen molar-refractivity contribution in [1.29, 1.82) is 0 Å². The molecule has 1 rings (SSSR count). The highest BCUT2D eigenvalue weighted by atomic mass is 79.9. The summed E-state index contributed by atoms with van der Waals surface area (Å²) in [6, 6.07) is 2.56. The van der Waals surface area contributed by atoms with Crippen LogP contribution in [0.25, 0.3) is 0 Å². The first-order valence-corrected chi connectivity index (χ1v) is 8.16. The van der Waals surface area contributed by atoms with E-state index in [4.69, 9.17) is 0 Å². The first-order chi connectivity index (χ1) is 9.56. The molecule has 4 heteroatoms. The smallest absolute Gasteiger partial charge is 0.143 e. The van der Waals surface area contributed by atoms with Gasteiger partial charge in [-0.2, -0.15) is 0 Å². The van der Waals surface area contributed by atoms with E-state index in [0.29, 0.717) is 6.42 Å². The lowest BCUT2D eigenvalue weighted by molar-refractivity contribution is 0.158. The Morgan fingerprint density at radius 2 is 1.75 bits per heavy atom. The SMILES string of the molecule is CCCCCCCCC(O)Cc1c(F)ccc(Br)c1F. The van der Waals surface area contributed by atoms with Crippen LogP contribution in [0.3, 0.4) is 0 Å². The van der Waals surface area contributed by atoms with Crippen molar-refractivity contribution in [2.24, 2.45) is 0 Å². The van der Waals surface area contributed by atoms with E-state index in [9.17, 15) is 13.9 Å². The number of rotatable bonds is 9. The number of hydrogen-bond donors (Lipinski definition) is 1. The van der Waals surface area contributed by atoms with Gasteiger partial charge in [0, 0.05) is 12.0 Å². The number of unbranched alkanes of at least 4 members (excludes halogenated alkanes) is 5. The van der Waals surface area contributed by atoms with E-state index in [1.54, 1.807) is 0 Å². The quantitative estimate of drug-likeness (QED) is 0.469. The molecular weight excluding hydrogens is 326 g/mol. The summed E-state index contributed by atoms with van der Waals surface area (Å²) in [6.45, 7) is 2.17. The summed E-state index contributed by atoms with van der Waals surface area (Å²) in [4.78, 5) is 0. The standard InChI is InChI=1S/C16H23BrF2O/c1-2-3-4-5-6-7-8-12(20)11-13-15(18)10-9-14(17)16(13)19/h9-10,12,20H,2-8,11H2,1H3. The van der Waals surface area contributed by atoms with Crippen LogP contribution in [0.2, 0.25) is 0 Å². The number of aliphatic hydroxyl groups excluding tert-OH is 1. The summed E-state index contributed by atoms with van der Waals surface area (Å²) in [5, 5.41) is 9.90. The molecule has 1 unspecified atom stereocenters. The lowest BCUT2D eigenvalue weighted by Gasteiger charge is -2.12. The lowest BCUT2D eigenvalue weighted by Crippen LogP contribution is -2.13. The van der Waals surface area contributed by atoms with Crippen LogP contribution in [0.5, 0.6) is 0 Å². The molecule has 0 bridgehead atoms. The Hall–Kier alpha value is -0.480. The van der Waals surface area contributed by atoms with Crippen molar-refractivity contribution in [2.45, 2.75) is 64.4 Å². The van der Waals surface area contributed by atoms with Crippen LogP contribution in [0.1, 0.15) is 57.4 Å². The molecule has 0 fully saturated rings. The highest BCUT2D eigenvalue weighted by Crippen LogP contribution is 2.23. The zero-order valence-electron chi connectivity index (χ0n) is 12.0. The van der Waals surface area contributed by atoms with Gasteiger partial charge >= 0.3 is 0 Å². The maximum Gasteiger partial charge on any atom is 0.143 e. The van der Waals surface area contributed by atoms with Crippen molar-refractivity contribution < 1.29 is 13.9 Å². The van der Waals surface area contributed by atoms with E-state index in [1.165, 1.54) is 37.8 Å². The molecule has 114 valence electrons. The Kier molecular flexibility index (Phi) is 8.31. The maximum absolute atomic E-state index is 13.8. The van der Waals surface area contributed by atoms with Gasteiger partial charge in [-0.3, -0.25) is 0 Å². The number of halogens is 3. The molecule has 1 N–H and O–H groups in total. The molecule has 1 atom stereocenters. The summed E-state index contributed by atoms with van der Waals surface area (Å²) in [5.74, 6) is -1.19. The molecule has 0 amide bonds. The van der Waals surface area contributed by atoms with Gasteiger partial charge in [-0.1, -0.05) is 45.4 Å². The van der Waals surface area contributed by atoms with Gasteiger partial charge in [-0.15, -0.1) is 0 Å². The molecule has 0 aliphatic rings. The van der Waals surface area contributed by atoms with Crippen molar-refractivity contribution in [3.8, 4) is 0 Å². The molecule has 1 aromatic rings. The Bertz CT molecular complexity index is 410. The van der Waals surface area contributed by atoms with Crippen LogP contribution in [0.4, 0.5) is 8.78 Å². The summed E-state index contributed by atoms with van der Waals surface area (Å²) >= 11 is 3.03. The van der Waals surface area contributed by atoms with Gasteiger partial charge in [0.25, 0.3) is 0 Å². The fraction of sp³-hybridized carbons (Fsp3) is 0.625. The molecule has 0 saturated carbocycles. The molecule has 20 heavy (non-hydrogen) atoms. The summed E-state index contributed by atoms with van der Waals surface area (Å²) < 4.78 is 27.5. The van der Waals surface area contributed by atoms with Crippen LogP contribution < -0.4 is 0 Å². The van der Waals surface area contributed by atoms with Crippen molar-refractivity contribution in [3.05, 3.63) is 33.8 Å². The number of benzene rings is 1. The van der Waals surface area contributed by atoms with Crippen molar-refractivity contribution in [3.63, 3.8) is 0 Å². The van der Waals surface area contributed by atoms with Crippen LogP contribution >= 0.6 is 15.9 Å². The monoisotopic (exact) mass is 348 g/mol. The highest BCUT2D eigenvalue weighted by Gasteiger charge is 2.16. The second-order valence-corrected chi connectivity index (χ2v) is 6.09. The van der Waals surface area contributed by atoms with Crippen LogP contribution in [0, 0.1) is 11.6 Å². The second kappa shape index (κ2) is 9.46. The Labute approximate surface area is 128 Å². The average molecular weight is 349 g/mol. The number of hydrogen-bond acceptors (Lipinski definition) is 1. The molecule has 0 radical (unpaired) electrons. The lowest BCUT2D eigenvalue weighted by atomic mass is 10.0. The fourth-order valence-corrected chi connectivity index (χ4v) is 2.63. The third-order valence-electron chi connectivity index (χ3n) is 3.47. The predicted molar refractivity (Wildman–Crippen MR) is 81.8 cm³/mol. The summed E-state index contributed by atoms with van der Waals surface area (Å²) in [6.07, 6.45) is 6.77. The predicted octanol–water partition coefficient (Wildman–Crippen LogP) is 5.38. The van der Waals surface area contributed by atoms with Gasteiger partial charge in [-0.25, -0.2) is 8.78 Å². The van der Waals surface area contributed by atoms with Gasteiger partial charge < -0.3 is 5.11 Å². The van der Waals surface area contributed by atoms with E-state index in [2.05, 4.69) is 22.9 Å². The van der Waals surface area contributed by atoms with Gasteiger partial charge in [0.15, 0.2) is 0 Å². The van der Waals surface area contributed by atoms with E-state index in [1.807, 2.05) is 0 Å². The van der Waals surface area contributed by atoms with E-state index in [-0.39, 0.29) is 16.5 Å².